The predicted molar refractivity (Wildman–Crippen MR) is 139 cm³/mol. The topological polar surface area (TPSA) is 116 Å². The Kier molecular flexibility index (Phi) is 6.06. The quantitative estimate of drug-likeness (QED) is 0.547. The molecule has 2 bridgehead atoms. The smallest absolute Gasteiger partial charge is 0.270 e. The molecule has 0 aromatic carbocycles. The number of anilines is 2. The van der Waals surface area contributed by atoms with Gasteiger partial charge in [0.25, 0.3) is 11.8 Å². The Morgan fingerprint density at radius 1 is 1.00 bits per heavy atom. The van der Waals surface area contributed by atoms with E-state index in [9.17, 15) is 14.7 Å². The summed E-state index contributed by atoms with van der Waals surface area (Å²) in [7, 11) is 3.52. The van der Waals surface area contributed by atoms with Crippen molar-refractivity contribution in [3.05, 3.63) is 41.9 Å². The van der Waals surface area contributed by atoms with Crippen molar-refractivity contribution in [2.75, 3.05) is 19.4 Å². The molecule has 2 aliphatic heterocycles. The molecule has 2 unspecified atom stereocenters. The van der Waals surface area contributed by atoms with Crippen LogP contribution in [0.15, 0.2) is 30.6 Å². The van der Waals surface area contributed by atoms with E-state index in [-0.39, 0.29) is 36.0 Å². The molecule has 0 spiro atoms. The maximum absolute atomic E-state index is 13.2. The van der Waals surface area contributed by atoms with Crippen LogP contribution in [0.4, 0.5) is 11.8 Å². The molecule has 10 heteroatoms. The van der Waals surface area contributed by atoms with Gasteiger partial charge in [0.1, 0.15) is 17.2 Å². The van der Waals surface area contributed by atoms with E-state index in [1.807, 2.05) is 11.0 Å². The number of nitrogens with one attached hydrogen (secondary N) is 1. The molecular weight excluding hydrogens is 470 g/mol. The molecule has 3 aliphatic rings. The van der Waals surface area contributed by atoms with Crippen LogP contribution < -0.4 is 5.32 Å². The van der Waals surface area contributed by atoms with Gasteiger partial charge in [0.15, 0.2) is 0 Å². The molecule has 1 aliphatic carbocycles. The first-order valence-electron chi connectivity index (χ1n) is 13.2. The second-order valence-electron chi connectivity index (χ2n) is 10.8. The number of aromatic nitrogens is 4. The largest absolute Gasteiger partial charge is 0.393 e. The van der Waals surface area contributed by atoms with Crippen LogP contribution in [0.3, 0.4) is 0 Å². The highest BCUT2D eigenvalue weighted by Gasteiger charge is 2.43. The fourth-order valence-electron chi connectivity index (χ4n) is 6.33. The molecule has 3 aromatic rings. The number of carbonyl (C=O) groups is 2. The molecule has 6 rings (SSSR count). The van der Waals surface area contributed by atoms with Crippen molar-refractivity contribution >= 4 is 34.6 Å². The average Bonchev–Trinajstić information content (AvgIpc) is 3.60. The summed E-state index contributed by atoms with van der Waals surface area (Å²) in [4.78, 5) is 43.3. The lowest BCUT2D eigenvalue weighted by Gasteiger charge is -2.37. The Morgan fingerprint density at radius 2 is 1.73 bits per heavy atom. The first-order valence-corrected chi connectivity index (χ1v) is 13.2. The van der Waals surface area contributed by atoms with Gasteiger partial charge in [0.05, 0.1) is 11.7 Å². The first kappa shape index (κ1) is 23.8. The van der Waals surface area contributed by atoms with Gasteiger partial charge < -0.3 is 24.8 Å². The van der Waals surface area contributed by atoms with Crippen LogP contribution in [0.2, 0.25) is 0 Å². The molecule has 2 amide bonds. The summed E-state index contributed by atoms with van der Waals surface area (Å²) in [5, 5.41) is 14.0. The van der Waals surface area contributed by atoms with Crippen LogP contribution in [-0.2, 0) is 0 Å². The zero-order valence-electron chi connectivity index (χ0n) is 21.3. The average molecular weight is 504 g/mol. The van der Waals surface area contributed by atoms with Gasteiger partial charge in [-0.25, -0.2) is 9.97 Å². The number of hydrogen-bond acceptors (Lipinski definition) is 7. The zero-order valence-corrected chi connectivity index (χ0v) is 21.3. The van der Waals surface area contributed by atoms with Gasteiger partial charge in [-0.15, -0.1) is 0 Å². The third-order valence-electron chi connectivity index (χ3n) is 8.08. The molecule has 2 N–H and O–H groups in total. The van der Waals surface area contributed by atoms with Gasteiger partial charge in [-0.05, 0) is 56.7 Å². The molecule has 5 heterocycles. The Morgan fingerprint density at radius 3 is 2.38 bits per heavy atom. The van der Waals surface area contributed by atoms with Crippen molar-refractivity contribution in [1.29, 1.82) is 0 Å². The van der Waals surface area contributed by atoms with Crippen molar-refractivity contribution < 1.29 is 14.7 Å². The van der Waals surface area contributed by atoms with Crippen LogP contribution in [0.25, 0.3) is 11.0 Å². The lowest BCUT2D eigenvalue weighted by molar-refractivity contribution is 0.0286. The third kappa shape index (κ3) is 4.33. The second-order valence-corrected chi connectivity index (χ2v) is 10.8. The number of carbonyl (C=O) groups excluding carboxylic acids is 2. The minimum atomic E-state index is -0.310. The highest BCUT2D eigenvalue weighted by Crippen LogP contribution is 2.37. The summed E-state index contributed by atoms with van der Waals surface area (Å²) in [6, 6.07) is 5.88. The molecule has 10 nitrogen and oxygen atoms in total. The number of fused-ring (bicyclic) bond motifs is 3. The van der Waals surface area contributed by atoms with E-state index in [4.69, 9.17) is 4.98 Å². The van der Waals surface area contributed by atoms with E-state index in [1.54, 1.807) is 43.5 Å². The Bertz CT molecular complexity index is 1320. The molecule has 37 heavy (non-hydrogen) atoms. The molecule has 1 saturated carbocycles. The highest BCUT2D eigenvalue weighted by molar-refractivity contribution is 5.98. The minimum Gasteiger partial charge on any atom is -0.393 e. The summed E-state index contributed by atoms with van der Waals surface area (Å²) in [6.45, 7) is 0. The number of piperidine rings is 1. The maximum Gasteiger partial charge on any atom is 0.270 e. The molecule has 194 valence electrons. The Labute approximate surface area is 215 Å². The van der Waals surface area contributed by atoms with Crippen molar-refractivity contribution in [2.45, 2.75) is 75.6 Å². The van der Waals surface area contributed by atoms with Crippen molar-refractivity contribution in [3.63, 3.8) is 0 Å². The third-order valence-corrected chi connectivity index (χ3v) is 8.08. The van der Waals surface area contributed by atoms with Gasteiger partial charge in [0, 0.05) is 50.0 Å². The van der Waals surface area contributed by atoms with E-state index < -0.39 is 0 Å². The summed E-state index contributed by atoms with van der Waals surface area (Å²) in [5.74, 6) is 0.862. The van der Waals surface area contributed by atoms with Gasteiger partial charge in [-0.2, -0.15) is 4.98 Å². The molecule has 3 aromatic heterocycles. The first-order chi connectivity index (χ1) is 17.9. The van der Waals surface area contributed by atoms with Crippen LogP contribution in [0.5, 0.6) is 0 Å². The van der Waals surface area contributed by atoms with Crippen molar-refractivity contribution in [2.24, 2.45) is 0 Å². The van der Waals surface area contributed by atoms with E-state index in [1.165, 1.54) is 0 Å². The number of nitrogens with zero attached hydrogens (tertiary/aromatic N) is 6. The zero-order chi connectivity index (χ0) is 25.7. The number of pyridine rings is 1. The van der Waals surface area contributed by atoms with E-state index in [0.717, 1.165) is 49.6 Å². The number of aliphatic hydroxyl groups is 1. The normalized spacial score (nSPS) is 23.5. The Hall–Kier alpha value is -3.53. The fraction of sp³-hybridized carbons (Fsp3) is 0.519. The van der Waals surface area contributed by atoms with E-state index >= 15 is 0 Å². The molecular formula is C27H33N7O3. The van der Waals surface area contributed by atoms with Gasteiger partial charge in [-0.3, -0.25) is 9.59 Å². The number of aliphatic hydroxyl groups excluding tert-OH is 1. The minimum absolute atomic E-state index is 0.0244. The lowest BCUT2D eigenvalue weighted by Crippen LogP contribution is -2.48. The van der Waals surface area contributed by atoms with Crippen LogP contribution in [-0.4, -0.2) is 78.5 Å². The van der Waals surface area contributed by atoms with E-state index in [2.05, 4.69) is 19.9 Å². The predicted octanol–water partition coefficient (Wildman–Crippen LogP) is 3.51. The van der Waals surface area contributed by atoms with Crippen LogP contribution in [0, 0.1) is 0 Å². The molecule has 3 fully saturated rings. The highest BCUT2D eigenvalue weighted by atomic mass is 16.3. The Balaban J connectivity index is 1.24. The molecule has 0 radical (unpaired) electrons. The second kappa shape index (κ2) is 9.41. The molecule has 2 saturated heterocycles. The summed E-state index contributed by atoms with van der Waals surface area (Å²) in [6.07, 6.45) is 10.6. The van der Waals surface area contributed by atoms with Gasteiger partial charge in [-0.1, -0.05) is 12.8 Å². The lowest BCUT2D eigenvalue weighted by atomic mass is 9.99. The van der Waals surface area contributed by atoms with Crippen molar-refractivity contribution in [3.8, 4) is 0 Å². The van der Waals surface area contributed by atoms with Gasteiger partial charge >= 0.3 is 0 Å². The maximum atomic E-state index is 13.2. The monoisotopic (exact) mass is 503 g/mol. The summed E-state index contributed by atoms with van der Waals surface area (Å²) in [5.41, 5.74) is 1.92. The summed E-state index contributed by atoms with van der Waals surface area (Å²) >= 11 is 0. The van der Waals surface area contributed by atoms with Crippen molar-refractivity contribution in [1.82, 2.24) is 29.3 Å². The SMILES string of the molecule is CN(C)C(=O)c1cc2cnc(Nc3ccc(C(=O)N4C5CC[C@H]4CC(O)C5)cn3)nc2n1C1CCCC1. The number of hydrogen-bond donors (Lipinski definition) is 2. The van der Waals surface area contributed by atoms with Crippen LogP contribution >= 0.6 is 0 Å². The van der Waals surface area contributed by atoms with Gasteiger partial charge in [0.2, 0.25) is 5.95 Å². The number of amides is 2. The molecule has 3 atom stereocenters. The summed E-state index contributed by atoms with van der Waals surface area (Å²) < 4.78 is 2.08. The number of rotatable bonds is 5. The van der Waals surface area contributed by atoms with Crippen LogP contribution in [0.1, 0.15) is 78.3 Å². The fourth-order valence-corrected chi connectivity index (χ4v) is 6.33. The standard InChI is InChI=1S/C27H33N7O3/c1-32(2)26(37)22-11-17-15-29-27(31-24(17)34(22)18-5-3-4-6-18)30-23-10-7-16(14-28-23)25(36)33-19-8-9-20(33)13-21(35)12-19/h7,10-11,14-15,18-21,35H,3-6,8-9,12-13H2,1-2H3,(H,28,29,30,31)/t19-,20?,21?/m0/s1. The van der Waals surface area contributed by atoms with E-state index in [0.29, 0.717) is 35.9 Å².